The van der Waals surface area contributed by atoms with Crippen molar-refractivity contribution in [1.82, 2.24) is 9.47 Å². The van der Waals surface area contributed by atoms with Crippen LogP contribution < -0.4 is 5.56 Å². The maximum Gasteiger partial charge on any atom is 0.250 e. The van der Waals surface area contributed by atoms with E-state index in [1.54, 1.807) is 30.3 Å². The molecule has 5 nitrogen and oxygen atoms in total. The minimum Gasteiger partial charge on any atom is -0.309 e. The standard InChI is InChI=1S/C22H28N2O3S/c1-2-7-20-17-14-18(21-10-6-11-22(25)24(20)21)16-23(15-17)12-13-28(26,27)19-8-4-3-5-9-19/h3-6,8-11,17-18,20H,2,7,12-16H2,1H3/t17-,18+,20-/m0/s1. The number of nitrogens with zero attached hydrogens (tertiary/aromatic N) is 2. The molecule has 2 aromatic rings. The molecule has 0 unspecified atom stereocenters. The third-order valence-electron chi connectivity index (χ3n) is 6.24. The van der Waals surface area contributed by atoms with Crippen molar-refractivity contribution in [2.45, 2.75) is 43.0 Å². The van der Waals surface area contributed by atoms with Gasteiger partial charge in [-0.1, -0.05) is 37.6 Å². The Morgan fingerprint density at radius 1 is 1.04 bits per heavy atom. The van der Waals surface area contributed by atoms with Crippen LogP contribution in [0, 0.1) is 5.92 Å². The molecule has 1 aromatic carbocycles. The Kier molecular flexibility index (Phi) is 5.43. The molecule has 0 N–H and O–H groups in total. The molecular weight excluding hydrogens is 372 g/mol. The summed E-state index contributed by atoms with van der Waals surface area (Å²) < 4.78 is 27.3. The Morgan fingerprint density at radius 2 is 1.82 bits per heavy atom. The maximum absolute atomic E-state index is 12.7. The Morgan fingerprint density at radius 3 is 2.57 bits per heavy atom. The first kappa shape index (κ1) is 19.4. The van der Waals surface area contributed by atoms with E-state index in [1.807, 2.05) is 16.7 Å². The summed E-state index contributed by atoms with van der Waals surface area (Å²) in [6, 6.07) is 14.5. The number of piperidine rings is 1. The highest BCUT2D eigenvalue weighted by Crippen LogP contribution is 2.42. The van der Waals surface area contributed by atoms with Gasteiger partial charge in [-0.2, -0.15) is 0 Å². The summed E-state index contributed by atoms with van der Waals surface area (Å²) in [5.41, 5.74) is 1.23. The fraction of sp³-hybridized carbons (Fsp3) is 0.500. The molecule has 3 heterocycles. The van der Waals surface area contributed by atoms with E-state index in [9.17, 15) is 13.2 Å². The SMILES string of the molecule is CCC[C@H]1[C@H]2C[C@H](CN(CCS(=O)(=O)c3ccccc3)C2)c2cccc(=O)n21. The lowest BCUT2D eigenvalue weighted by molar-refractivity contribution is 0.0910. The molecule has 1 saturated heterocycles. The smallest absolute Gasteiger partial charge is 0.250 e. The Labute approximate surface area is 166 Å². The molecule has 3 atom stereocenters. The highest BCUT2D eigenvalue weighted by molar-refractivity contribution is 7.91. The molecule has 2 aliphatic rings. The van der Waals surface area contributed by atoms with Crippen LogP contribution in [0.1, 0.15) is 43.8 Å². The number of likely N-dealkylation sites (tertiary alicyclic amines) is 1. The van der Waals surface area contributed by atoms with Crippen LogP contribution in [0.2, 0.25) is 0 Å². The lowest BCUT2D eigenvalue weighted by atomic mass is 9.77. The zero-order valence-electron chi connectivity index (χ0n) is 16.3. The fourth-order valence-corrected chi connectivity index (χ4v) is 6.28. The highest BCUT2D eigenvalue weighted by atomic mass is 32.2. The summed E-state index contributed by atoms with van der Waals surface area (Å²) in [6.07, 6.45) is 3.12. The lowest BCUT2D eigenvalue weighted by Crippen LogP contribution is -2.50. The van der Waals surface area contributed by atoms with Gasteiger partial charge in [0.25, 0.3) is 5.56 Å². The number of aromatic nitrogens is 1. The summed E-state index contributed by atoms with van der Waals surface area (Å²) in [7, 11) is -3.27. The van der Waals surface area contributed by atoms with E-state index in [0.717, 1.165) is 38.0 Å². The van der Waals surface area contributed by atoms with Gasteiger partial charge in [-0.3, -0.25) is 4.79 Å². The van der Waals surface area contributed by atoms with Gasteiger partial charge in [0.05, 0.1) is 10.6 Å². The molecular formula is C22H28N2O3S. The second-order valence-electron chi connectivity index (χ2n) is 8.10. The second kappa shape index (κ2) is 7.84. The van der Waals surface area contributed by atoms with E-state index in [4.69, 9.17) is 0 Å². The van der Waals surface area contributed by atoms with Crippen molar-refractivity contribution in [3.63, 3.8) is 0 Å². The summed E-state index contributed by atoms with van der Waals surface area (Å²) in [5, 5.41) is 0. The van der Waals surface area contributed by atoms with Gasteiger partial charge < -0.3 is 9.47 Å². The summed E-state index contributed by atoms with van der Waals surface area (Å²) in [6.45, 7) is 4.39. The number of pyridine rings is 1. The molecule has 4 rings (SSSR count). The van der Waals surface area contributed by atoms with Crippen molar-refractivity contribution in [3.05, 3.63) is 64.6 Å². The van der Waals surface area contributed by atoms with E-state index in [1.165, 1.54) is 0 Å². The molecule has 28 heavy (non-hydrogen) atoms. The average Bonchev–Trinajstić information content (AvgIpc) is 2.70. The van der Waals surface area contributed by atoms with Gasteiger partial charge in [-0.05, 0) is 37.0 Å². The van der Waals surface area contributed by atoms with Crippen LogP contribution >= 0.6 is 0 Å². The van der Waals surface area contributed by atoms with Gasteiger partial charge >= 0.3 is 0 Å². The predicted molar refractivity (Wildman–Crippen MR) is 110 cm³/mol. The number of hydrogen-bond donors (Lipinski definition) is 0. The summed E-state index contributed by atoms with van der Waals surface area (Å²) in [4.78, 5) is 15.2. The molecule has 0 radical (unpaired) electrons. The van der Waals surface area contributed by atoms with Crippen LogP contribution in [0.4, 0.5) is 0 Å². The molecule has 0 amide bonds. The van der Waals surface area contributed by atoms with E-state index < -0.39 is 9.84 Å². The van der Waals surface area contributed by atoms with Gasteiger partial charge in [0.1, 0.15) is 0 Å². The molecule has 1 aromatic heterocycles. The molecule has 6 heteroatoms. The minimum absolute atomic E-state index is 0.103. The van der Waals surface area contributed by atoms with Gasteiger partial charge in [-0.25, -0.2) is 8.42 Å². The van der Waals surface area contributed by atoms with E-state index >= 15 is 0 Å². The average molecular weight is 401 g/mol. The topological polar surface area (TPSA) is 59.4 Å². The predicted octanol–water partition coefficient (Wildman–Crippen LogP) is 3.08. The monoisotopic (exact) mass is 400 g/mol. The molecule has 150 valence electrons. The molecule has 2 bridgehead atoms. The first-order valence-electron chi connectivity index (χ1n) is 10.2. The fourth-order valence-electron chi connectivity index (χ4n) is 4.98. The normalized spacial score (nSPS) is 24.7. The Hall–Kier alpha value is -1.92. The van der Waals surface area contributed by atoms with Crippen LogP contribution in [0.5, 0.6) is 0 Å². The molecule has 0 spiro atoms. The molecule has 2 aliphatic heterocycles. The van der Waals surface area contributed by atoms with Gasteiger partial charge in [-0.15, -0.1) is 0 Å². The second-order valence-corrected chi connectivity index (χ2v) is 10.2. The van der Waals surface area contributed by atoms with E-state index in [2.05, 4.69) is 17.9 Å². The maximum atomic E-state index is 12.7. The van der Waals surface area contributed by atoms with Crippen molar-refractivity contribution in [2.75, 3.05) is 25.4 Å². The number of benzene rings is 1. The van der Waals surface area contributed by atoms with E-state index in [0.29, 0.717) is 23.3 Å². The third-order valence-corrected chi connectivity index (χ3v) is 7.95. The van der Waals surface area contributed by atoms with Crippen molar-refractivity contribution in [1.29, 1.82) is 0 Å². The first-order chi connectivity index (χ1) is 13.5. The van der Waals surface area contributed by atoms with Gasteiger partial charge in [0.2, 0.25) is 0 Å². The van der Waals surface area contributed by atoms with Gasteiger partial charge in [0.15, 0.2) is 9.84 Å². The van der Waals surface area contributed by atoms with Crippen LogP contribution in [0.25, 0.3) is 0 Å². The van der Waals surface area contributed by atoms with Gasteiger partial charge in [0, 0.05) is 43.4 Å². The van der Waals surface area contributed by atoms with Crippen LogP contribution in [0.15, 0.2) is 58.2 Å². The number of sulfone groups is 1. The highest BCUT2D eigenvalue weighted by Gasteiger charge is 2.40. The zero-order valence-corrected chi connectivity index (χ0v) is 17.1. The lowest BCUT2D eigenvalue weighted by Gasteiger charge is -2.47. The Balaban J connectivity index is 1.54. The summed E-state index contributed by atoms with van der Waals surface area (Å²) >= 11 is 0. The van der Waals surface area contributed by atoms with Crippen molar-refractivity contribution in [3.8, 4) is 0 Å². The number of fused-ring (bicyclic) bond motifs is 4. The third kappa shape index (κ3) is 3.67. The molecule has 1 fully saturated rings. The van der Waals surface area contributed by atoms with Crippen LogP contribution in [0.3, 0.4) is 0 Å². The van der Waals surface area contributed by atoms with Crippen molar-refractivity contribution >= 4 is 9.84 Å². The molecule has 0 aliphatic carbocycles. The Bertz CT molecular complexity index is 984. The van der Waals surface area contributed by atoms with E-state index in [-0.39, 0.29) is 17.4 Å². The quantitative estimate of drug-likeness (QED) is 0.748. The number of hydrogen-bond acceptors (Lipinski definition) is 4. The molecule has 0 saturated carbocycles. The first-order valence-corrected chi connectivity index (χ1v) is 11.9. The van der Waals surface area contributed by atoms with Crippen LogP contribution in [-0.2, 0) is 9.84 Å². The summed E-state index contributed by atoms with van der Waals surface area (Å²) in [5.74, 6) is 0.849. The van der Waals surface area contributed by atoms with Crippen molar-refractivity contribution < 1.29 is 8.42 Å². The van der Waals surface area contributed by atoms with Crippen LogP contribution in [-0.4, -0.2) is 43.3 Å². The van der Waals surface area contributed by atoms with Crippen molar-refractivity contribution in [2.24, 2.45) is 5.92 Å². The zero-order chi connectivity index (χ0) is 19.7. The minimum atomic E-state index is -3.27. The largest absolute Gasteiger partial charge is 0.309 e. The number of rotatable bonds is 6.